The summed E-state index contributed by atoms with van der Waals surface area (Å²) in [6.07, 6.45) is 2.24. The highest BCUT2D eigenvalue weighted by atomic mass is 32.3. The number of aliphatic hydroxyl groups excluding tert-OH is 1. The Kier molecular flexibility index (Phi) is 7.28. The van der Waals surface area contributed by atoms with Crippen LogP contribution in [0.4, 0.5) is 4.39 Å². The van der Waals surface area contributed by atoms with E-state index in [1.165, 1.54) is 36.4 Å². The summed E-state index contributed by atoms with van der Waals surface area (Å²) in [5, 5.41) is 9.58. The predicted octanol–water partition coefficient (Wildman–Crippen LogP) is 4.27. The van der Waals surface area contributed by atoms with E-state index in [0.29, 0.717) is 5.56 Å². The molecule has 0 fully saturated rings. The van der Waals surface area contributed by atoms with Crippen LogP contribution in [0.3, 0.4) is 0 Å². The van der Waals surface area contributed by atoms with Gasteiger partial charge in [-0.25, -0.2) is 21.2 Å². The van der Waals surface area contributed by atoms with Crippen molar-refractivity contribution in [3.63, 3.8) is 0 Å². The minimum atomic E-state index is -5.05. The smallest absolute Gasteiger partial charge is 0.323 e. The average Bonchev–Trinajstić information content (AvgIpc) is 2.82. The zero-order chi connectivity index (χ0) is 23.2. The van der Waals surface area contributed by atoms with Gasteiger partial charge in [-0.15, -0.1) is 0 Å². The van der Waals surface area contributed by atoms with Crippen molar-refractivity contribution in [1.82, 2.24) is 0 Å². The van der Waals surface area contributed by atoms with Crippen LogP contribution in [-0.2, 0) is 19.7 Å². The summed E-state index contributed by atoms with van der Waals surface area (Å²) >= 11 is 0. The van der Waals surface area contributed by atoms with Crippen molar-refractivity contribution in [1.29, 1.82) is 0 Å². The first-order chi connectivity index (χ1) is 15.2. The maximum absolute atomic E-state index is 16.9. The molecule has 0 bridgehead atoms. The molecule has 0 amide bonds. The van der Waals surface area contributed by atoms with Crippen LogP contribution in [0.5, 0.6) is 0 Å². The van der Waals surface area contributed by atoms with Crippen molar-refractivity contribution < 1.29 is 26.3 Å². The molecule has 0 saturated carbocycles. The minimum absolute atomic E-state index is 0.419. The molecule has 0 heterocycles. The molecule has 0 aliphatic carbocycles. The highest BCUT2D eigenvalue weighted by Crippen LogP contribution is 2.44. The Balaban J connectivity index is 2.26. The molecule has 0 unspecified atom stereocenters. The largest absolute Gasteiger partial charge is 0.396 e. The molecule has 8 heteroatoms. The second kappa shape index (κ2) is 9.77. The van der Waals surface area contributed by atoms with Crippen molar-refractivity contribution >= 4 is 25.8 Å². The van der Waals surface area contributed by atoms with Crippen LogP contribution in [-0.4, -0.2) is 32.9 Å². The van der Waals surface area contributed by atoms with E-state index in [-0.39, 0.29) is 0 Å². The SMILES string of the molecule is O=S(=O)(c1ccccc1)C(F)([C@@H](/C=C/c1ccccc1)CCO)S(=O)(=O)c1ccccc1. The normalized spacial score (nSPS) is 13.8. The third kappa shape index (κ3) is 4.39. The highest BCUT2D eigenvalue weighted by Gasteiger charge is 2.61. The molecule has 1 atom stereocenters. The molecule has 3 rings (SSSR count). The highest BCUT2D eigenvalue weighted by molar-refractivity contribution is 8.10. The molecule has 3 aromatic carbocycles. The number of rotatable bonds is 9. The number of sulfone groups is 2. The molecule has 3 aromatic rings. The Labute approximate surface area is 187 Å². The number of halogens is 1. The molecule has 0 radical (unpaired) electrons. The third-order valence-electron chi connectivity index (χ3n) is 5.04. The van der Waals surface area contributed by atoms with Crippen LogP contribution < -0.4 is 0 Å². The van der Waals surface area contributed by atoms with Gasteiger partial charge in [0.25, 0.3) is 0 Å². The maximum atomic E-state index is 16.9. The van der Waals surface area contributed by atoms with Crippen LogP contribution in [0, 0.1) is 5.92 Å². The lowest BCUT2D eigenvalue weighted by Gasteiger charge is -2.31. The number of benzene rings is 3. The number of hydrogen-bond acceptors (Lipinski definition) is 5. The van der Waals surface area contributed by atoms with Gasteiger partial charge in [0, 0.05) is 12.5 Å². The summed E-state index contributed by atoms with van der Waals surface area (Å²) in [4.78, 5) is -0.920. The van der Waals surface area contributed by atoms with E-state index in [1.807, 2.05) is 0 Å². The van der Waals surface area contributed by atoms with Gasteiger partial charge < -0.3 is 5.11 Å². The van der Waals surface area contributed by atoms with Crippen molar-refractivity contribution in [3.05, 3.63) is 103 Å². The van der Waals surface area contributed by atoms with Crippen molar-refractivity contribution in [3.8, 4) is 0 Å². The van der Waals surface area contributed by atoms with Crippen molar-refractivity contribution in [2.45, 2.75) is 20.5 Å². The topological polar surface area (TPSA) is 88.5 Å². The zero-order valence-corrected chi connectivity index (χ0v) is 18.7. The molecule has 0 aliphatic rings. The van der Waals surface area contributed by atoms with E-state index in [1.54, 1.807) is 42.5 Å². The lowest BCUT2D eigenvalue weighted by Crippen LogP contribution is -2.48. The molecule has 32 heavy (non-hydrogen) atoms. The van der Waals surface area contributed by atoms with E-state index in [4.69, 9.17) is 0 Å². The fourth-order valence-electron chi connectivity index (χ4n) is 3.38. The van der Waals surface area contributed by atoms with Gasteiger partial charge in [0.05, 0.1) is 9.79 Å². The van der Waals surface area contributed by atoms with Crippen LogP contribution in [0.15, 0.2) is 107 Å². The monoisotopic (exact) mass is 474 g/mol. The Morgan fingerprint density at radius 3 is 1.56 bits per heavy atom. The van der Waals surface area contributed by atoms with E-state index >= 15 is 4.39 Å². The Morgan fingerprint density at radius 1 is 0.750 bits per heavy atom. The van der Waals surface area contributed by atoms with Crippen LogP contribution in [0.1, 0.15) is 12.0 Å². The fraction of sp³-hybridized carbons (Fsp3) is 0.167. The fourth-order valence-corrected chi connectivity index (χ4v) is 7.97. The summed E-state index contributed by atoms with van der Waals surface area (Å²) in [6.45, 7) is -0.607. The van der Waals surface area contributed by atoms with Crippen LogP contribution in [0.2, 0.25) is 0 Å². The van der Waals surface area contributed by atoms with Gasteiger partial charge >= 0.3 is 4.33 Å². The molecular formula is C24H23FO5S2. The maximum Gasteiger partial charge on any atom is 0.323 e. The molecular weight excluding hydrogens is 451 g/mol. The number of hydrogen-bond donors (Lipinski definition) is 1. The lowest BCUT2D eigenvalue weighted by molar-refractivity contribution is 0.220. The zero-order valence-electron chi connectivity index (χ0n) is 17.1. The van der Waals surface area contributed by atoms with Crippen molar-refractivity contribution in [2.75, 3.05) is 6.61 Å². The molecule has 0 saturated heterocycles. The average molecular weight is 475 g/mol. The molecule has 5 nitrogen and oxygen atoms in total. The van der Waals surface area contributed by atoms with Gasteiger partial charge in [0.1, 0.15) is 0 Å². The van der Waals surface area contributed by atoms with E-state index in [2.05, 4.69) is 0 Å². The first-order valence-corrected chi connectivity index (χ1v) is 12.8. The summed E-state index contributed by atoms with van der Waals surface area (Å²) in [5.74, 6) is -1.68. The summed E-state index contributed by atoms with van der Waals surface area (Å²) in [5.41, 5.74) is 0.631. The molecule has 0 aliphatic heterocycles. The second-order valence-electron chi connectivity index (χ2n) is 7.10. The Hall–Kier alpha value is -2.81. The molecule has 1 N–H and O–H groups in total. The first kappa shape index (κ1) is 23.8. The van der Waals surface area contributed by atoms with E-state index < -0.39 is 52.7 Å². The van der Waals surface area contributed by atoms with Gasteiger partial charge in [0.2, 0.25) is 19.7 Å². The summed E-state index contributed by atoms with van der Waals surface area (Å²) in [7, 11) is -10.1. The summed E-state index contributed by atoms with van der Waals surface area (Å²) in [6, 6.07) is 22.0. The molecule has 168 valence electrons. The van der Waals surface area contributed by atoms with Gasteiger partial charge in [-0.1, -0.05) is 78.9 Å². The Morgan fingerprint density at radius 2 is 1.16 bits per heavy atom. The number of aliphatic hydroxyl groups is 1. The van der Waals surface area contributed by atoms with Crippen LogP contribution in [0.25, 0.3) is 6.08 Å². The number of allylic oxidation sites excluding steroid dienone is 1. The van der Waals surface area contributed by atoms with Gasteiger partial charge in [-0.2, -0.15) is 0 Å². The van der Waals surface area contributed by atoms with E-state index in [9.17, 15) is 21.9 Å². The van der Waals surface area contributed by atoms with Gasteiger partial charge in [0.15, 0.2) is 0 Å². The standard InChI is InChI=1S/C24H23FO5S2/c25-24(31(27,28)22-12-6-2-7-13-22,32(29,30)23-14-8-3-9-15-23)21(18-19-26)17-16-20-10-4-1-5-11-20/h1-17,21,26H,18-19H2/b17-16+/t21-/m0/s1. The minimum Gasteiger partial charge on any atom is -0.396 e. The lowest BCUT2D eigenvalue weighted by atomic mass is 10.0. The number of alkyl halides is 1. The van der Waals surface area contributed by atoms with Gasteiger partial charge in [-0.05, 0) is 36.2 Å². The first-order valence-electron chi connectivity index (χ1n) is 9.87. The van der Waals surface area contributed by atoms with Crippen LogP contribution >= 0.6 is 0 Å². The summed E-state index contributed by atoms with van der Waals surface area (Å²) < 4.78 is 67.3. The van der Waals surface area contributed by atoms with Crippen molar-refractivity contribution in [2.24, 2.45) is 5.92 Å². The quantitative estimate of drug-likeness (QED) is 0.500. The predicted molar refractivity (Wildman–Crippen MR) is 122 cm³/mol. The molecule has 0 spiro atoms. The third-order valence-corrected chi connectivity index (χ3v) is 10.2. The van der Waals surface area contributed by atoms with E-state index in [0.717, 1.165) is 24.3 Å². The second-order valence-corrected chi connectivity index (χ2v) is 11.5. The molecule has 0 aromatic heterocycles. The Bertz CT molecular complexity index is 1190. The van der Waals surface area contributed by atoms with Gasteiger partial charge in [-0.3, -0.25) is 0 Å².